The van der Waals surface area contributed by atoms with Crippen LogP contribution in [0.25, 0.3) is 0 Å². The highest BCUT2D eigenvalue weighted by atomic mass is 32.1. The highest BCUT2D eigenvalue weighted by Gasteiger charge is 2.24. The summed E-state index contributed by atoms with van der Waals surface area (Å²) in [4.78, 5) is 27.2. The van der Waals surface area contributed by atoms with Crippen LogP contribution in [0.4, 0.5) is 5.69 Å². The number of para-hydroxylation sites is 1. The molecule has 0 aliphatic carbocycles. The number of primary amides is 1. The molecule has 2 amide bonds. The van der Waals surface area contributed by atoms with Crippen LogP contribution in [0.2, 0.25) is 0 Å². The Morgan fingerprint density at radius 3 is 2.85 bits per heavy atom. The number of benzene rings is 1. The number of likely N-dealkylation sites (tertiary alicyclic amines) is 1. The third-order valence-corrected chi connectivity index (χ3v) is 5.86. The van der Waals surface area contributed by atoms with E-state index in [0.717, 1.165) is 47.5 Å². The summed E-state index contributed by atoms with van der Waals surface area (Å²) in [6.45, 7) is 4.38. The average molecular weight is 372 g/mol. The second-order valence-corrected chi connectivity index (χ2v) is 7.63. The molecule has 1 atom stereocenters. The van der Waals surface area contributed by atoms with Crippen molar-refractivity contribution < 1.29 is 9.59 Å². The second kappa shape index (κ2) is 8.47. The van der Waals surface area contributed by atoms with Crippen LogP contribution in [0.15, 0.2) is 35.7 Å². The van der Waals surface area contributed by atoms with E-state index in [0.29, 0.717) is 13.1 Å². The van der Waals surface area contributed by atoms with Crippen LogP contribution in [0.5, 0.6) is 0 Å². The molecular formula is C20H25N3O2S. The van der Waals surface area contributed by atoms with Crippen LogP contribution in [0.1, 0.15) is 40.6 Å². The Morgan fingerprint density at radius 2 is 2.08 bits per heavy atom. The van der Waals surface area contributed by atoms with Crippen LogP contribution < -0.4 is 11.1 Å². The van der Waals surface area contributed by atoms with Crippen molar-refractivity contribution >= 4 is 28.8 Å². The first-order chi connectivity index (χ1) is 12.6. The SMILES string of the molecule is CCc1ccsc1C(=O)Nc1ccccc1CN1CCCC(C(N)=O)C1. The first kappa shape index (κ1) is 18.6. The maximum atomic E-state index is 12.7. The van der Waals surface area contributed by atoms with Gasteiger partial charge in [-0.05, 0) is 54.4 Å². The smallest absolute Gasteiger partial charge is 0.266 e. The fourth-order valence-corrected chi connectivity index (χ4v) is 4.34. The van der Waals surface area contributed by atoms with E-state index in [9.17, 15) is 9.59 Å². The predicted molar refractivity (Wildman–Crippen MR) is 105 cm³/mol. The molecular weight excluding hydrogens is 346 g/mol. The van der Waals surface area contributed by atoms with Crippen LogP contribution in [-0.2, 0) is 17.8 Å². The minimum absolute atomic E-state index is 0.0574. The van der Waals surface area contributed by atoms with Crippen molar-refractivity contribution in [3.63, 3.8) is 0 Å². The molecule has 0 radical (unpaired) electrons. The largest absolute Gasteiger partial charge is 0.369 e. The molecule has 1 aromatic heterocycles. The molecule has 2 aromatic rings. The first-order valence-corrected chi connectivity index (χ1v) is 9.93. The number of rotatable bonds is 6. The van der Waals surface area contributed by atoms with Crippen molar-refractivity contribution in [1.82, 2.24) is 4.90 Å². The number of carbonyl (C=O) groups excluding carboxylic acids is 2. The Balaban J connectivity index is 1.72. The molecule has 0 saturated carbocycles. The lowest BCUT2D eigenvalue weighted by Crippen LogP contribution is -2.40. The van der Waals surface area contributed by atoms with Gasteiger partial charge in [0.25, 0.3) is 5.91 Å². The van der Waals surface area contributed by atoms with E-state index in [1.54, 1.807) is 0 Å². The third-order valence-electron chi connectivity index (χ3n) is 4.90. The molecule has 1 aliphatic heterocycles. The molecule has 1 fully saturated rings. The molecule has 1 aromatic carbocycles. The van der Waals surface area contributed by atoms with Gasteiger partial charge >= 0.3 is 0 Å². The summed E-state index contributed by atoms with van der Waals surface area (Å²) < 4.78 is 0. The zero-order valence-corrected chi connectivity index (χ0v) is 15.8. The molecule has 5 nitrogen and oxygen atoms in total. The van der Waals surface area contributed by atoms with Gasteiger partial charge in [-0.3, -0.25) is 14.5 Å². The molecule has 3 N–H and O–H groups in total. The number of hydrogen-bond acceptors (Lipinski definition) is 4. The maximum absolute atomic E-state index is 12.7. The standard InChI is InChI=1S/C20H25N3O2S/c1-2-14-9-11-26-18(14)20(25)22-17-8-4-3-6-15(17)12-23-10-5-7-16(13-23)19(21)24/h3-4,6,8-9,11,16H,2,5,7,10,12-13H2,1H3,(H2,21,24)(H,22,25). The Kier molecular flexibility index (Phi) is 6.06. The number of amides is 2. The van der Waals surface area contributed by atoms with Gasteiger partial charge in [0.15, 0.2) is 0 Å². The summed E-state index contributed by atoms with van der Waals surface area (Å²) in [6, 6.07) is 9.86. The van der Waals surface area contributed by atoms with Crippen molar-refractivity contribution in [2.45, 2.75) is 32.7 Å². The lowest BCUT2D eigenvalue weighted by molar-refractivity contribution is -0.123. The average Bonchev–Trinajstić information content (AvgIpc) is 3.12. The monoisotopic (exact) mass is 371 g/mol. The minimum atomic E-state index is -0.221. The van der Waals surface area contributed by atoms with Crippen molar-refractivity contribution in [3.05, 3.63) is 51.7 Å². The fraction of sp³-hybridized carbons (Fsp3) is 0.400. The Bertz CT molecular complexity index is 787. The molecule has 0 bridgehead atoms. The highest BCUT2D eigenvalue weighted by molar-refractivity contribution is 7.12. The molecule has 1 saturated heterocycles. The van der Waals surface area contributed by atoms with Crippen molar-refractivity contribution in [1.29, 1.82) is 0 Å². The topological polar surface area (TPSA) is 75.4 Å². The normalized spacial score (nSPS) is 17.8. The molecule has 26 heavy (non-hydrogen) atoms. The fourth-order valence-electron chi connectivity index (χ4n) is 3.44. The predicted octanol–water partition coefficient (Wildman–Crippen LogP) is 3.26. The van der Waals surface area contributed by atoms with Gasteiger partial charge in [0.1, 0.15) is 0 Å². The van der Waals surface area contributed by atoms with Gasteiger partial charge in [0.05, 0.1) is 10.8 Å². The lowest BCUT2D eigenvalue weighted by Gasteiger charge is -2.31. The minimum Gasteiger partial charge on any atom is -0.369 e. The van der Waals surface area contributed by atoms with Gasteiger partial charge in [0.2, 0.25) is 5.91 Å². The molecule has 6 heteroatoms. The van der Waals surface area contributed by atoms with Crippen LogP contribution in [-0.4, -0.2) is 29.8 Å². The van der Waals surface area contributed by atoms with Crippen molar-refractivity contribution in [2.24, 2.45) is 11.7 Å². The summed E-state index contributed by atoms with van der Waals surface area (Å²) in [7, 11) is 0. The number of aryl methyl sites for hydroxylation is 1. The molecule has 0 spiro atoms. The van der Waals surface area contributed by atoms with E-state index in [-0.39, 0.29) is 17.7 Å². The van der Waals surface area contributed by atoms with Crippen LogP contribution >= 0.6 is 11.3 Å². The lowest BCUT2D eigenvalue weighted by atomic mass is 9.97. The number of thiophene rings is 1. The Hall–Kier alpha value is -2.18. The summed E-state index contributed by atoms with van der Waals surface area (Å²) in [6.07, 6.45) is 2.68. The van der Waals surface area contributed by atoms with Gasteiger partial charge < -0.3 is 11.1 Å². The van der Waals surface area contributed by atoms with Crippen molar-refractivity contribution in [2.75, 3.05) is 18.4 Å². The van der Waals surface area contributed by atoms with E-state index in [1.165, 1.54) is 11.3 Å². The van der Waals surface area contributed by atoms with Gasteiger partial charge in [-0.15, -0.1) is 11.3 Å². The highest BCUT2D eigenvalue weighted by Crippen LogP contribution is 2.24. The Morgan fingerprint density at radius 1 is 1.27 bits per heavy atom. The summed E-state index contributed by atoms with van der Waals surface area (Å²) in [5.41, 5.74) is 8.44. The number of anilines is 1. The van der Waals surface area contributed by atoms with Gasteiger partial charge in [-0.1, -0.05) is 25.1 Å². The van der Waals surface area contributed by atoms with Crippen molar-refractivity contribution in [3.8, 4) is 0 Å². The molecule has 2 heterocycles. The number of carbonyl (C=O) groups is 2. The second-order valence-electron chi connectivity index (χ2n) is 6.72. The zero-order valence-electron chi connectivity index (χ0n) is 15.0. The van der Waals surface area contributed by atoms with E-state index in [2.05, 4.69) is 17.1 Å². The number of nitrogens with one attached hydrogen (secondary N) is 1. The van der Waals surface area contributed by atoms with Crippen LogP contribution in [0, 0.1) is 5.92 Å². The molecule has 138 valence electrons. The Labute approximate surface area is 158 Å². The third kappa shape index (κ3) is 4.31. The molecule has 1 unspecified atom stereocenters. The number of nitrogens with two attached hydrogens (primary N) is 1. The first-order valence-electron chi connectivity index (χ1n) is 9.05. The van der Waals surface area contributed by atoms with Gasteiger partial charge in [-0.25, -0.2) is 0 Å². The number of hydrogen-bond donors (Lipinski definition) is 2. The van der Waals surface area contributed by atoms with E-state index in [4.69, 9.17) is 5.73 Å². The van der Waals surface area contributed by atoms with Gasteiger partial charge in [0, 0.05) is 18.8 Å². The van der Waals surface area contributed by atoms with E-state index >= 15 is 0 Å². The summed E-state index contributed by atoms with van der Waals surface area (Å²) in [5.74, 6) is -0.359. The van der Waals surface area contributed by atoms with E-state index in [1.807, 2.05) is 35.7 Å². The van der Waals surface area contributed by atoms with E-state index < -0.39 is 0 Å². The van der Waals surface area contributed by atoms with Crippen LogP contribution in [0.3, 0.4) is 0 Å². The zero-order chi connectivity index (χ0) is 18.5. The van der Waals surface area contributed by atoms with Gasteiger partial charge in [-0.2, -0.15) is 0 Å². The quantitative estimate of drug-likeness (QED) is 0.818. The number of nitrogens with zero attached hydrogens (tertiary/aromatic N) is 1. The maximum Gasteiger partial charge on any atom is 0.266 e. The number of piperidine rings is 1. The summed E-state index contributed by atoms with van der Waals surface area (Å²) in [5, 5.41) is 5.02. The molecule has 1 aliphatic rings. The molecule has 3 rings (SSSR count). The summed E-state index contributed by atoms with van der Waals surface area (Å²) >= 11 is 1.47.